The molecule has 1 N–H and O–H groups in total. The Bertz CT molecular complexity index is 519. The number of carboxylic acids is 1. The first-order chi connectivity index (χ1) is 10.1. The van der Waals surface area contributed by atoms with Gasteiger partial charge in [-0.15, -0.1) is 0 Å². The number of hydrogen-bond acceptors (Lipinski definition) is 4. The van der Waals surface area contributed by atoms with Crippen LogP contribution >= 0.6 is 0 Å². The van der Waals surface area contributed by atoms with Crippen molar-refractivity contribution in [3.63, 3.8) is 0 Å². The van der Waals surface area contributed by atoms with E-state index < -0.39 is 18.1 Å². The van der Waals surface area contributed by atoms with Gasteiger partial charge >= 0.3 is 12.1 Å². The van der Waals surface area contributed by atoms with Crippen LogP contribution in [0.3, 0.4) is 0 Å². The van der Waals surface area contributed by atoms with Crippen LogP contribution in [-0.4, -0.2) is 59.1 Å². The van der Waals surface area contributed by atoms with E-state index in [0.29, 0.717) is 6.41 Å². The molecule has 112 valence electrons. The molecule has 0 aromatic heterocycles. The number of benzene rings is 1. The molecule has 21 heavy (non-hydrogen) atoms. The number of ether oxygens (including phenoxy) is 1. The van der Waals surface area contributed by atoms with Crippen molar-refractivity contribution in [1.29, 1.82) is 0 Å². The molecular weight excluding hydrogens is 276 g/mol. The van der Waals surface area contributed by atoms with Gasteiger partial charge in [-0.25, -0.2) is 9.59 Å². The molecule has 2 rings (SSSR count). The van der Waals surface area contributed by atoms with E-state index in [1.54, 1.807) is 0 Å². The maximum absolute atomic E-state index is 11.9. The fraction of sp³-hybridized carbons (Fsp3) is 0.357. The van der Waals surface area contributed by atoms with Crippen LogP contribution in [0.4, 0.5) is 4.79 Å². The molecule has 1 fully saturated rings. The smallest absolute Gasteiger partial charge is 0.410 e. The van der Waals surface area contributed by atoms with E-state index in [1.165, 1.54) is 9.80 Å². The molecule has 0 spiro atoms. The van der Waals surface area contributed by atoms with Crippen LogP contribution in [-0.2, 0) is 20.9 Å². The summed E-state index contributed by atoms with van der Waals surface area (Å²) in [6.07, 6.45) is -0.0820. The summed E-state index contributed by atoms with van der Waals surface area (Å²) in [5.41, 5.74) is 0.854. The van der Waals surface area contributed by atoms with Crippen LogP contribution in [0.2, 0.25) is 0 Å². The zero-order chi connectivity index (χ0) is 15.2. The largest absolute Gasteiger partial charge is 0.480 e. The van der Waals surface area contributed by atoms with E-state index in [1.807, 2.05) is 30.3 Å². The molecule has 0 bridgehead atoms. The summed E-state index contributed by atoms with van der Waals surface area (Å²) in [6, 6.07) is 8.18. The van der Waals surface area contributed by atoms with E-state index in [2.05, 4.69) is 0 Å². The summed E-state index contributed by atoms with van der Waals surface area (Å²) in [5, 5.41) is 9.07. The quantitative estimate of drug-likeness (QED) is 0.819. The molecule has 1 aliphatic heterocycles. The van der Waals surface area contributed by atoms with Gasteiger partial charge in [-0.1, -0.05) is 30.3 Å². The molecule has 1 unspecified atom stereocenters. The second-order valence-electron chi connectivity index (χ2n) is 4.68. The SMILES string of the molecule is O=CN1CCN(C(=O)OCc2ccccc2)CC1C(=O)O. The monoisotopic (exact) mass is 292 g/mol. The number of carboxylic acid groups (broad SMARTS) is 1. The van der Waals surface area contributed by atoms with Crippen LogP contribution in [0.25, 0.3) is 0 Å². The molecule has 0 radical (unpaired) electrons. The minimum absolute atomic E-state index is 0.0678. The minimum Gasteiger partial charge on any atom is -0.480 e. The highest BCUT2D eigenvalue weighted by Crippen LogP contribution is 2.11. The van der Waals surface area contributed by atoms with Crippen molar-refractivity contribution >= 4 is 18.5 Å². The van der Waals surface area contributed by atoms with Crippen LogP contribution in [0.5, 0.6) is 0 Å². The lowest BCUT2D eigenvalue weighted by molar-refractivity contribution is -0.148. The Morgan fingerprint density at radius 3 is 2.62 bits per heavy atom. The zero-order valence-electron chi connectivity index (χ0n) is 11.3. The molecule has 0 saturated carbocycles. The maximum Gasteiger partial charge on any atom is 0.410 e. The average Bonchev–Trinajstić information content (AvgIpc) is 2.52. The lowest BCUT2D eigenvalue weighted by Gasteiger charge is -2.36. The summed E-state index contributed by atoms with van der Waals surface area (Å²) in [4.78, 5) is 36.3. The highest BCUT2D eigenvalue weighted by Gasteiger charge is 2.34. The fourth-order valence-electron chi connectivity index (χ4n) is 2.12. The molecule has 0 aliphatic carbocycles. The van der Waals surface area contributed by atoms with E-state index in [-0.39, 0.29) is 26.2 Å². The molecule has 7 heteroatoms. The number of hydrogen-bond donors (Lipinski definition) is 1. The maximum atomic E-state index is 11.9. The van der Waals surface area contributed by atoms with Crippen molar-refractivity contribution in [3.8, 4) is 0 Å². The van der Waals surface area contributed by atoms with Gasteiger partial charge in [-0.05, 0) is 5.56 Å². The number of amides is 2. The molecule has 7 nitrogen and oxygen atoms in total. The third-order valence-corrected chi connectivity index (χ3v) is 3.31. The second kappa shape index (κ2) is 6.74. The predicted molar refractivity (Wildman–Crippen MR) is 72.4 cm³/mol. The van der Waals surface area contributed by atoms with Crippen molar-refractivity contribution in [3.05, 3.63) is 35.9 Å². The van der Waals surface area contributed by atoms with Crippen LogP contribution in [0, 0.1) is 0 Å². The van der Waals surface area contributed by atoms with Crippen molar-refractivity contribution in [2.45, 2.75) is 12.6 Å². The highest BCUT2D eigenvalue weighted by atomic mass is 16.6. The average molecular weight is 292 g/mol. The number of nitrogens with zero attached hydrogens (tertiary/aromatic N) is 2. The van der Waals surface area contributed by atoms with Gasteiger partial charge in [0.05, 0.1) is 6.54 Å². The number of carbonyl (C=O) groups excluding carboxylic acids is 2. The molecule has 1 heterocycles. The first-order valence-electron chi connectivity index (χ1n) is 6.51. The Hall–Kier alpha value is -2.57. The Labute approximate surface area is 121 Å². The highest BCUT2D eigenvalue weighted by molar-refractivity contribution is 5.78. The molecule has 1 aromatic rings. The standard InChI is InChI=1S/C14H16N2O5/c17-10-16-7-6-15(8-12(16)13(18)19)14(20)21-9-11-4-2-1-3-5-11/h1-5,10,12H,6-9H2,(H,18,19). The Kier molecular flexibility index (Phi) is 4.76. The van der Waals surface area contributed by atoms with Gasteiger partial charge in [0.15, 0.2) is 0 Å². The molecule has 1 saturated heterocycles. The lowest BCUT2D eigenvalue weighted by Crippen LogP contribution is -2.57. The van der Waals surface area contributed by atoms with Crippen LogP contribution < -0.4 is 0 Å². The summed E-state index contributed by atoms with van der Waals surface area (Å²) in [7, 11) is 0. The Balaban J connectivity index is 1.91. The fourth-order valence-corrected chi connectivity index (χ4v) is 2.12. The number of piperazine rings is 1. The van der Waals surface area contributed by atoms with E-state index >= 15 is 0 Å². The number of carbonyl (C=O) groups is 3. The molecule has 1 aromatic carbocycles. The van der Waals surface area contributed by atoms with Crippen molar-refractivity contribution in [2.75, 3.05) is 19.6 Å². The van der Waals surface area contributed by atoms with E-state index in [4.69, 9.17) is 9.84 Å². The van der Waals surface area contributed by atoms with Gasteiger partial charge in [0.25, 0.3) is 0 Å². The van der Waals surface area contributed by atoms with Gasteiger partial charge in [0.2, 0.25) is 6.41 Å². The van der Waals surface area contributed by atoms with Gasteiger partial charge in [0, 0.05) is 13.1 Å². The van der Waals surface area contributed by atoms with Crippen LogP contribution in [0.15, 0.2) is 30.3 Å². The van der Waals surface area contributed by atoms with Crippen LogP contribution in [0.1, 0.15) is 5.56 Å². The third kappa shape index (κ3) is 3.71. The van der Waals surface area contributed by atoms with Gasteiger partial charge in [0.1, 0.15) is 12.6 Å². The van der Waals surface area contributed by atoms with Gasteiger partial charge in [-0.3, -0.25) is 4.79 Å². The van der Waals surface area contributed by atoms with Crippen molar-refractivity contribution in [2.24, 2.45) is 0 Å². The van der Waals surface area contributed by atoms with Crippen molar-refractivity contribution < 1.29 is 24.2 Å². The minimum atomic E-state index is -1.14. The Morgan fingerprint density at radius 2 is 2.00 bits per heavy atom. The predicted octanol–water partition coefficient (Wildman–Crippen LogP) is 0.550. The summed E-state index contributed by atoms with van der Waals surface area (Å²) < 4.78 is 5.15. The molecule has 1 aliphatic rings. The van der Waals surface area contributed by atoms with E-state index in [0.717, 1.165) is 5.56 Å². The summed E-state index contributed by atoms with van der Waals surface area (Å²) in [5.74, 6) is -1.14. The topological polar surface area (TPSA) is 87.2 Å². The number of aliphatic carboxylic acids is 1. The summed E-state index contributed by atoms with van der Waals surface area (Å²) in [6.45, 7) is 0.504. The zero-order valence-corrected chi connectivity index (χ0v) is 11.3. The second-order valence-corrected chi connectivity index (χ2v) is 4.68. The Morgan fingerprint density at radius 1 is 1.29 bits per heavy atom. The first-order valence-corrected chi connectivity index (χ1v) is 6.51. The van der Waals surface area contributed by atoms with Gasteiger partial charge in [-0.2, -0.15) is 0 Å². The molecule has 1 atom stereocenters. The first kappa shape index (κ1) is 14.8. The lowest BCUT2D eigenvalue weighted by atomic mass is 10.2. The number of rotatable bonds is 4. The summed E-state index contributed by atoms with van der Waals surface area (Å²) >= 11 is 0. The molecule has 2 amide bonds. The normalized spacial score (nSPS) is 18.2. The van der Waals surface area contributed by atoms with Crippen molar-refractivity contribution in [1.82, 2.24) is 9.80 Å². The van der Waals surface area contributed by atoms with E-state index in [9.17, 15) is 14.4 Å². The van der Waals surface area contributed by atoms with Gasteiger partial charge < -0.3 is 19.6 Å². The molecular formula is C14H16N2O5. The third-order valence-electron chi connectivity index (χ3n) is 3.31.